The molecule has 28 nitrogen and oxygen atoms in total. The molecule has 0 aliphatic carbocycles. The number of hydrogen-bond donors (Lipinski definition) is 17. The van der Waals surface area contributed by atoms with Crippen LogP contribution in [-0.4, -0.2) is 164 Å². The summed E-state index contributed by atoms with van der Waals surface area (Å²) in [4.78, 5) is 110. The Morgan fingerprint density at radius 3 is 0.885 bits per heavy atom. The van der Waals surface area contributed by atoms with Crippen molar-refractivity contribution in [3.8, 4) is 0 Å². The van der Waals surface area contributed by atoms with E-state index in [4.69, 9.17) is 86.0 Å². The van der Waals surface area contributed by atoms with Gasteiger partial charge in [-0.25, -0.2) is 33.1 Å². The van der Waals surface area contributed by atoms with Crippen LogP contribution in [0.4, 0.5) is 0 Å². The molecule has 0 radical (unpaired) electrons. The number of rotatable bonds is 14. The van der Waals surface area contributed by atoms with Crippen LogP contribution < -0.4 is 148 Å². The van der Waals surface area contributed by atoms with E-state index in [1.54, 1.807) is 0 Å². The fourth-order valence-electron chi connectivity index (χ4n) is 1.38. The van der Waals surface area contributed by atoms with Gasteiger partial charge in [-0.2, -0.15) is 4.31 Å². The summed E-state index contributed by atoms with van der Waals surface area (Å²) in [6.07, 6.45) is -10.6. The van der Waals surface area contributed by atoms with Crippen molar-refractivity contribution >= 4 is 63.4 Å². The van der Waals surface area contributed by atoms with Gasteiger partial charge in [0.2, 0.25) is 0 Å². The third-order valence-electron chi connectivity index (χ3n) is 3.31. The molecule has 0 aliphatic rings. The largest absolute Gasteiger partial charge is 1.00 e. The van der Waals surface area contributed by atoms with Crippen LogP contribution in [-0.2, 0) is 51.8 Å². The Bertz CT molecular complexity index is 1160. The number of aliphatic carboxylic acids is 8. The summed E-state index contributed by atoms with van der Waals surface area (Å²) in [5, 5.41) is 106. The minimum Gasteiger partial charge on any atom is -1.00 e. The van der Waals surface area contributed by atoms with Crippen molar-refractivity contribution in [1.82, 2.24) is 0 Å². The Kier molecular flexibility index (Phi) is 57.5. The topological polar surface area (TPSA) is 524 Å². The Labute approximate surface area is 407 Å². The Hall–Kier alpha value is 0.820. The SMILES string of the molecule is CC(O)C(=O)O.O=C(O)C(O)C(O)C(=O)O.O=C(O)CC(O)(CC(=O)O)C(=O)O.O=C(O)CC(O)C(=O)O.O=P(O)(O)OP(=O)(O)O.[H-].[H-].[H-].[H-].[H-].[Na+].[Na+].[Na+].[Na+].[Na+]. The molecule has 52 heavy (non-hydrogen) atoms. The van der Waals surface area contributed by atoms with Crippen LogP contribution in [0.3, 0.4) is 0 Å². The van der Waals surface area contributed by atoms with Gasteiger partial charge in [-0.1, -0.05) is 0 Å². The van der Waals surface area contributed by atoms with Crippen LogP contribution >= 0.6 is 15.6 Å². The molecular weight excluding hydrogens is 829 g/mol. The summed E-state index contributed by atoms with van der Waals surface area (Å²) in [5.74, 6) is -12.6. The molecule has 0 saturated carbocycles. The molecule has 0 bridgehead atoms. The molecule has 0 spiro atoms. The molecule has 0 aliphatic heterocycles. The molecule has 0 saturated heterocycles. The monoisotopic (exact) mass is 864 g/mol. The molecule has 0 fully saturated rings. The van der Waals surface area contributed by atoms with Gasteiger partial charge in [0.1, 0.15) is 6.10 Å². The fourth-order valence-corrected chi connectivity index (χ4v) is 2.48. The van der Waals surface area contributed by atoms with Gasteiger partial charge in [0.15, 0.2) is 23.9 Å². The summed E-state index contributed by atoms with van der Waals surface area (Å²) in [6.45, 7) is 1.20. The van der Waals surface area contributed by atoms with Crippen LogP contribution in [0.15, 0.2) is 0 Å². The number of aliphatic hydroxyl groups excluding tert-OH is 4. The van der Waals surface area contributed by atoms with E-state index in [0.717, 1.165) is 0 Å². The summed E-state index contributed by atoms with van der Waals surface area (Å²) >= 11 is 0. The standard InChI is InChI=1S/C6H8O7.C4H6O6.C4H6O5.C3H6O3.5Na.H4O7P2.5H/c7-3(8)1-6(13,5(11)12)2-4(9)10;5-1(3(7)8)2(6)4(9)10;5-2(4(8)9)1-3(6)7;1-2(4)3(5)6;;;;;;1-8(2,3)7-9(4,5)6;;;;;/h13H,1-2H2,(H,7,8)(H,9,10)(H,11,12);1-2,5-6H,(H,7,8)(H,9,10);2,5H,1H2,(H,6,7)(H,8,9);2,4H,1H3,(H,5,6);;;;;;(H2,1,2,3)(H2,4,5,6);;;;;/q;;;;5*+1;;5*-1. The number of carbonyl (C=O) groups is 8. The van der Waals surface area contributed by atoms with E-state index in [9.17, 15) is 47.5 Å². The van der Waals surface area contributed by atoms with Gasteiger partial charge in [0.05, 0.1) is 19.3 Å². The quantitative estimate of drug-likeness (QED) is 0.0569. The third kappa shape index (κ3) is 57.5. The zero-order chi connectivity index (χ0) is 39.3. The average Bonchev–Trinajstić information content (AvgIpc) is 2.80. The van der Waals surface area contributed by atoms with Crippen molar-refractivity contribution in [2.24, 2.45) is 0 Å². The van der Waals surface area contributed by atoms with Gasteiger partial charge in [0, 0.05) is 0 Å². The molecule has 0 aromatic rings. The summed E-state index contributed by atoms with van der Waals surface area (Å²) < 4.78 is 22.2. The predicted octanol–water partition coefficient (Wildman–Crippen LogP) is -20.2. The molecule has 4 unspecified atom stereocenters. The van der Waals surface area contributed by atoms with E-state index >= 15 is 0 Å². The number of hydrogen-bond acceptors (Lipinski definition) is 16. The average molecular weight is 864 g/mol. The minimum absolute atomic E-state index is 0. The second-order valence-corrected chi connectivity index (χ2v) is 10.2. The number of carboxylic acid groups (broad SMARTS) is 8. The predicted molar refractivity (Wildman–Crippen MR) is 140 cm³/mol. The van der Waals surface area contributed by atoms with E-state index in [2.05, 4.69) is 4.31 Å². The molecule has 0 aromatic carbocycles. The van der Waals surface area contributed by atoms with Crippen LogP contribution in [0.5, 0.6) is 0 Å². The number of phosphoric acid groups is 2. The third-order valence-corrected chi connectivity index (χ3v) is 5.02. The number of aliphatic hydroxyl groups is 5. The van der Waals surface area contributed by atoms with Crippen molar-refractivity contribution in [2.45, 2.75) is 56.2 Å². The first kappa shape index (κ1) is 77.4. The molecule has 17 N–H and O–H groups in total. The molecule has 35 heteroatoms. The van der Waals surface area contributed by atoms with Crippen molar-refractivity contribution in [3.05, 3.63) is 0 Å². The van der Waals surface area contributed by atoms with Crippen LogP contribution in [0.2, 0.25) is 0 Å². The van der Waals surface area contributed by atoms with Gasteiger partial charge < -0.3 is 93.1 Å². The Morgan fingerprint density at radius 2 is 0.808 bits per heavy atom. The summed E-state index contributed by atoms with van der Waals surface area (Å²) in [6, 6.07) is 0. The van der Waals surface area contributed by atoms with Gasteiger partial charge in [-0.3, -0.25) is 14.4 Å². The first-order valence-electron chi connectivity index (χ1n) is 10.7. The second-order valence-electron chi connectivity index (χ2n) is 7.57. The summed E-state index contributed by atoms with van der Waals surface area (Å²) in [7, 11) is -10.1. The van der Waals surface area contributed by atoms with E-state index in [0.29, 0.717) is 0 Å². The Balaban J connectivity index is -0.0000000289. The summed E-state index contributed by atoms with van der Waals surface area (Å²) in [5.41, 5.74) is -2.74. The van der Waals surface area contributed by atoms with E-state index in [-0.39, 0.29) is 155 Å². The minimum atomic E-state index is -5.05. The molecule has 0 heterocycles. The number of carboxylic acids is 8. The van der Waals surface area contributed by atoms with Crippen molar-refractivity contribution in [1.29, 1.82) is 0 Å². The normalized spacial score (nSPS) is 11.9. The maximum absolute atomic E-state index is 10.3. The first-order valence-corrected chi connectivity index (χ1v) is 13.8. The Morgan fingerprint density at radius 1 is 0.558 bits per heavy atom. The smallest absolute Gasteiger partial charge is 1.00 e. The van der Waals surface area contributed by atoms with E-state index in [1.807, 2.05) is 0 Å². The molecule has 4 atom stereocenters. The van der Waals surface area contributed by atoms with Gasteiger partial charge in [0.25, 0.3) is 0 Å². The van der Waals surface area contributed by atoms with Crippen molar-refractivity contribution in [2.75, 3.05) is 0 Å². The zero-order valence-corrected chi connectivity index (χ0v) is 39.7. The van der Waals surface area contributed by atoms with Gasteiger partial charge >= 0.3 is 211 Å². The molecule has 0 rings (SSSR count). The van der Waals surface area contributed by atoms with Crippen LogP contribution in [0.25, 0.3) is 0 Å². The first-order chi connectivity index (χ1) is 20.6. The van der Waals surface area contributed by atoms with Gasteiger partial charge in [-0.05, 0) is 6.92 Å². The molecular formula is C17H35Na5O28P2. The van der Waals surface area contributed by atoms with Crippen LogP contribution in [0, 0.1) is 0 Å². The second kappa shape index (κ2) is 38.7. The zero-order valence-electron chi connectivity index (χ0n) is 32.9. The van der Waals surface area contributed by atoms with Crippen molar-refractivity contribution in [3.63, 3.8) is 0 Å². The fraction of sp³-hybridized carbons (Fsp3) is 0.529. The van der Waals surface area contributed by atoms with Crippen molar-refractivity contribution < 1.29 is 293 Å². The van der Waals surface area contributed by atoms with E-state index in [1.165, 1.54) is 6.92 Å². The molecule has 286 valence electrons. The maximum Gasteiger partial charge on any atom is 1.00 e. The molecule has 0 amide bonds. The van der Waals surface area contributed by atoms with E-state index < -0.39 is 113 Å². The van der Waals surface area contributed by atoms with Gasteiger partial charge in [-0.15, -0.1) is 0 Å². The molecule has 0 aromatic heterocycles. The van der Waals surface area contributed by atoms with Crippen LogP contribution in [0.1, 0.15) is 33.3 Å². The maximum atomic E-state index is 10.3.